The van der Waals surface area contributed by atoms with Gasteiger partial charge in [-0.15, -0.1) is 0 Å². The van der Waals surface area contributed by atoms with Crippen LogP contribution in [-0.4, -0.2) is 47.6 Å². The van der Waals surface area contributed by atoms with E-state index in [9.17, 15) is 9.59 Å². The van der Waals surface area contributed by atoms with Gasteiger partial charge in [0.05, 0.1) is 5.92 Å². The maximum Gasteiger partial charge on any atom is 0.308 e. The molecule has 0 saturated carbocycles. The number of carboxylic acids is 1. The number of carbonyl (C=O) groups excluding carboxylic acids is 1. The van der Waals surface area contributed by atoms with E-state index >= 15 is 0 Å². The second-order valence-electron chi connectivity index (χ2n) is 4.16. The van der Waals surface area contributed by atoms with Crippen LogP contribution in [-0.2, 0) is 9.59 Å². The zero-order chi connectivity index (χ0) is 12.1. The summed E-state index contributed by atoms with van der Waals surface area (Å²) in [6, 6.07) is -0.174. The fourth-order valence-electron chi connectivity index (χ4n) is 2.14. The fourth-order valence-corrected chi connectivity index (χ4v) is 2.14. The topological polar surface area (TPSA) is 69.6 Å². The Kier molecular flexibility index (Phi) is 4.73. The Morgan fingerprint density at radius 3 is 2.69 bits per heavy atom. The molecule has 1 aliphatic heterocycles. The van der Waals surface area contributed by atoms with Crippen LogP contribution in [0.3, 0.4) is 0 Å². The van der Waals surface area contributed by atoms with E-state index in [0.29, 0.717) is 25.9 Å². The predicted molar refractivity (Wildman–Crippen MR) is 60.1 cm³/mol. The Bertz CT molecular complexity index is 268. The number of nitrogens with one attached hydrogen (secondary N) is 1. The average molecular weight is 228 g/mol. The molecule has 0 bridgehead atoms. The van der Waals surface area contributed by atoms with Crippen molar-refractivity contribution >= 4 is 11.9 Å². The predicted octanol–water partition coefficient (Wildman–Crippen LogP) is 0.308. The Morgan fingerprint density at radius 1 is 1.50 bits per heavy atom. The van der Waals surface area contributed by atoms with Crippen LogP contribution in [0.25, 0.3) is 0 Å². The molecule has 1 rings (SSSR count). The molecule has 2 N–H and O–H groups in total. The maximum absolute atomic E-state index is 11.8. The Hall–Kier alpha value is -1.10. The van der Waals surface area contributed by atoms with Gasteiger partial charge < -0.3 is 15.3 Å². The lowest BCUT2D eigenvalue weighted by molar-refractivity contribution is -0.143. The smallest absolute Gasteiger partial charge is 0.308 e. The van der Waals surface area contributed by atoms with Crippen LogP contribution >= 0.6 is 0 Å². The van der Waals surface area contributed by atoms with Gasteiger partial charge in [0.1, 0.15) is 0 Å². The number of nitrogens with zero attached hydrogens (tertiary/aromatic N) is 1. The molecule has 2 atom stereocenters. The highest BCUT2D eigenvalue weighted by Crippen LogP contribution is 2.24. The van der Waals surface area contributed by atoms with E-state index in [4.69, 9.17) is 5.11 Å². The summed E-state index contributed by atoms with van der Waals surface area (Å²) < 4.78 is 0. The first kappa shape index (κ1) is 13.0. The number of hydrogen-bond acceptors (Lipinski definition) is 3. The molecule has 1 amide bonds. The van der Waals surface area contributed by atoms with Crippen LogP contribution in [0.5, 0.6) is 0 Å². The Labute approximate surface area is 95.8 Å². The van der Waals surface area contributed by atoms with E-state index in [1.807, 2.05) is 13.8 Å². The van der Waals surface area contributed by atoms with Gasteiger partial charge in [-0.25, -0.2) is 0 Å². The highest BCUT2D eigenvalue weighted by molar-refractivity contribution is 5.79. The minimum Gasteiger partial charge on any atom is -0.481 e. The van der Waals surface area contributed by atoms with Crippen molar-refractivity contribution in [1.82, 2.24) is 10.2 Å². The molecular weight excluding hydrogens is 208 g/mol. The van der Waals surface area contributed by atoms with Crippen molar-refractivity contribution < 1.29 is 14.7 Å². The highest BCUT2D eigenvalue weighted by Gasteiger charge is 2.37. The van der Waals surface area contributed by atoms with Crippen molar-refractivity contribution in [3.8, 4) is 0 Å². The molecule has 1 heterocycles. The van der Waals surface area contributed by atoms with E-state index in [1.165, 1.54) is 0 Å². The van der Waals surface area contributed by atoms with Crippen LogP contribution < -0.4 is 5.32 Å². The Balaban J connectivity index is 2.43. The van der Waals surface area contributed by atoms with Gasteiger partial charge in [-0.2, -0.15) is 0 Å². The van der Waals surface area contributed by atoms with Crippen molar-refractivity contribution in [1.29, 1.82) is 0 Å². The molecule has 2 unspecified atom stereocenters. The minimum absolute atomic E-state index is 0.0530. The third-order valence-electron chi connectivity index (χ3n) is 3.16. The number of carboxylic acid groups (broad SMARTS) is 1. The number of carbonyl (C=O) groups is 2. The van der Waals surface area contributed by atoms with Crippen LogP contribution in [0.1, 0.15) is 26.7 Å². The molecule has 0 aromatic heterocycles. The largest absolute Gasteiger partial charge is 0.481 e. The lowest BCUT2D eigenvalue weighted by Crippen LogP contribution is -2.38. The number of rotatable bonds is 5. The molecule has 0 aromatic carbocycles. The molecule has 1 aliphatic rings. The van der Waals surface area contributed by atoms with Gasteiger partial charge >= 0.3 is 5.97 Å². The van der Waals surface area contributed by atoms with Gasteiger partial charge in [-0.1, -0.05) is 6.92 Å². The number of amides is 1. The first-order valence-corrected chi connectivity index (χ1v) is 5.81. The molecule has 0 aliphatic carbocycles. The number of aliphatic carboxylic acids is 1. The first-order chi connectivity index (χ1) is 7.57. The van der Waals surface area contributed by atoms with Crippen LogP contribution in [0, 0.1) is 5.92 Å². The van der Waals surface area contributed by atoms with E-state index in [2.05, 4.69) is 5.32 Å². The van der Waals surface area contributed by atoms with Crippen molar-refractivity contribution in [2.75, 3.05) is 19.6 Å². The standard InChI is InChI=1S/C11H20N2O3/c1-3-12-6-4-10(14)13-7-5-9(8(13)2)11(15)16/h8-9,12H,3-7H2,1-2H3,(H,15,16). The van der Waals surface area contributed by atoms with Crippen molar-refractivity contribution in [3.05, 3.63) is 0 Å². The lowest BCUT2D eigenvalue weighted by Gasteiger charge is -2.23. The first-order valence-electron chi connectivity index (χ1n) is 5.81. The summed E-state index contributed by atoms with van der Waals surface area (Å²) >= 11 is 0. The Morgan fingerprint density at radius 2 is 2.19 bits per heavy atom. The van der Waals surface area contributed by atoms with Crippen LogP contribution in [0.4, 0.5) is 0 Å². The van der Waals surface area contributed by atoms with Gasteiger partial charge in [0.2, 0.25) is 5.91 Å². The summed E-state index contributed by atoms with van der Waals surface area (Å²) in [4.78, 5) is 24.4. The summed E-state index contributed by atoms with van der Waals surface area (Å²) in [7, 11) is 0. The monoisotopic (exact) mass is 228 g/mol. The molecular formula is C11H20N2O3. The van der Waals surface area contributed by atoms with Crippen molar-refractivity contribution in [2.45, 2.75) is 32.7 Å². The van der Waals surface area contributed by atoms with Crippen molar-refractivity contribution in [2.24, 2.45) is 5.92 Å². The summed E-state index contributed by atoms with van der Waals surface area (Å²) in [5, 5.41) is 12.0. The SMILES string of the molecule is CCNCCC(=O)N1CCC(C(=O)O)C1C. The molecule has 0 aromatic rings. The normalized spacial score (nSPS) is 24.8. The molecule has 5 heteroatoms. The van der Waals surface area contributed by atoms with Gasteiger partial charge in [0.25, 0.3) is 0 Å². The van der Waals surface area contributed by atoms with E-state index < -0.39 is 11.9 Å². The van der Waals surface area contributed by atoms with Crippen LogP contribution in [0.15, 0.2) is 0 Å². The molecule has 5 nitrogen and oxygen atoms in total. The fraction of sp³-hybridized carbons (Fsp3) is 0.818. The molecule has 16 heavy (non-hydrogen) atoms. The van der Waals surface area contributed by atoms with E-state index in [0.717, 1.165) is 6.54 Å². The second kappa shape index (κ2) is 5.84. The maximum atomic E-state index is 11.8. The molecule has 0 spiro atoms. The summed E-state index contributed by atoms with van der Waals surface area (Å²) in [5.74, 6) is -1.14. The summed E-state index contributed by atoms with van der Waals surface area (Å²) in [6.45, 7) is 5.89. The van der Waals surface area contributed by atoms with E-state index in [-0.39, 0.29) is 11.9 Å². The minimum atomic E-state index is -0.797. The van der Waals surface area contributed by atoms with E-state index in [1.54, 1.807) is 4.90 Å². The molecule has 1 saturated heterocycles. The third kappa shape index (κ3) is 2.95. The lowest BCUT2D eigenvalue weighted by atomic mass is 10.0. The van der Waals surface area contributed by atoms with Crippen LogP contribution in [0.2, 0.25) is 0 Å². The highest BCUT2D eigenvalue weighted by atomic mass is 16.4. The average Bonchev–Trinajstić information content (AvgIpc) is 2.60. The zero-order valence-electron chi connectivity index (χ0n) is 9.90. The summed E-state index contributed by atoms with van der Waals surface area (Å²) in [6.07, 6.45) is 1.02. The molecule has 0 radical (unpaired) electrons. The number of hydrogen-bond donors (Lipinski definition) is 2. The van der Waals surface area contributed by atoms with Gasteiger partial charge in [-0.05, 0) is 19.9 Å². The third-order valence-corrected chi connectivity index (χ3v) is 3.16. The second-order valence-corrected chi connectivity index (χ2v) is 4.16. The quantitative estimate of drug-likeness (QED) is 0.664. The molecule has 1 fully saturated rings. The number of likely N-dealkylation sites (tertiary alicyclic amines) is 1. The van der Waals surface area contributed by atoms with Gasteiger partial charge in [-0.3, -0.25) is 9.59 Å². The zero-order valence-corrected chi connectivity index (χ0v) is 9.90. The van der Waals surface area contributed by atoms with Gasteiger partial charge in [0.15, 0.2) is 0 Å². The van der Waals surface area contributed by atoms with Gasteiger partial charge in [0, 0.05) is 25.6 Å². The summed E-state index contributed by atoms with van der Waals surface area (Å²) in [5.41, 5.74) is 0. The van der Waals surface area contributed by atoms with Crippen molar-refractivity contribution in [3.63, 3.8) is 0 Å². The molecule has 92 valence electrons.